The number of aryl methyl sites for hydroxylation is 1. The summed E-state index contributed by atoms with van der Waals surface area (Å²) in [5.41, 5.74) is 2.10. The highest BCUT2D eigenvalue weighted by molar-refractivity contribution is 5.75. The highest BCUT2D eigenvalue weighted by Gasteiger charge is 2.15. The molecule has 1 aliphatic rings. The number of aromatic nitrogens is 2. The normalized spacial score (nSPS) is 19.0. The Hall–Kier alpha value is -1.65. The Morgan fingerprint density at radius 3 is 3.00 bits per heavy atom. The molecule has 0 spiro atoms. The van der Waals surface area contributed by atoms with Gasteiger partial charge in [-0.15, -0.1) is 0 Å². The van der Waals surface area contributed by atoms with Crippen LogP contribution in [0, 0.1) is 5.92 Å². The van der Waals surface area contributed by atoms with Crippen molar-refractivity contribution in [3.63, 3.8) is 0 Å². The number of hydrogen-bond acceptors (Lipinski definition) is 3. The van der Waals surface area contributed by atoms with Gasteiger partial charge in [-0.2, -0.15) is 0 Å². The van der Waals surface area contributed by atoms with Gasteiger partial charge < -0.3 is 14.4 Å². The van der Waals surface area contributed by atoms with Gasteiger partial charge >= 0.3 is 0 Å². The summed E-state index contributed by atoms with van der Waals surface area (Å²) in [4.78, 5) is 4.71. The van der Waals surface area contributed by atoms with Gasteiger partial charge in [0.1, 0.15) is 5.82 Å². The summed E-state index contributed by atoms with van der Waals surface area (Å²) >= 11 is 0. The molecule has 1 aromatic heterocycles. The van der Waals surface area contributed by atoms with E-state index >= 15 is 0 Å². The maximum absolute atomic E-state index is 10.4. The molecule has 2 aromatic rings. The summed E-state index contributed by atoms with van der Waals surface area (Å²) < 4.78 is 7.93. The van der Waals surface area contributed by atoms with Crippen LogP contribution in [0.5, 0.6) is 0 Å². The predicted molar refractivity (Wildman–Crippen MR) is 97.0 cm³/mol. The van der Waals surface area contributed by atoms with Gasteiger partial charge in [-0.1, -0.05) is 31.2 Å². The van der Waals surface area contributed by atoms with Gasteiger partial charge in [0.15, 0.2) is 0 Å². The Labute approximate surface area is 144 Å². The number of benzene rings is 1. The predicted octanol–water partition coefficient (Wildman–Crippen LogP) is 3.72. The Bertz CT molecular complexity index is 677. The molecule has 1 heterocycles. The molecule has 0 amide bonds. The minimum absolute atomic E-state index is 0.387. The molecule has 0 bridgehead atoms. The average Bonchev–Trinajstić information content (AvgIpc) is 2.94. The highest BCUT2D eigenvalue weighted by Crippen LogP contribution is 2.19. The lowest BCUT2D eigenvalue weighted by atomic mass is 9.95. The zero-order valence-electron chi connectivity index (χ0n) is 14.5. The van der Waals surface area contributed by atoms with Crippen LogP contribution in [-0.2, 0) is 17.7 Å². The lowest BCUT2D eigenvalue weighted by Crippen LogP contribution is -2.24. The molecule has 1 aromatic carbocycles. The van der Waals surface area contributed by atoms with Gasteiger partial charge in [0.2, 0.25) is 0 Å². The summed E-state index contributed by atoms with van der Waals surface area (Å²) in [6.07, 6.45) is 9.40. The van der Waals surface area contributed by atoms with Gasteiger partial charge in [-0.25, -0.2) is 4.98 Å². The van der Waals surface area contributed by atoms with E-state index in [2.05, 4.69) is 29.7 Å². The van der Waals surface area contributed by atoms with E-state index < -0.39 is 6.10 Å². The number of rotatable bonds is 8. The second kappa shape index (κ2) is 8.45. The van der Waals surface area contributed by atoms with Crippen molar-refractivity contribution in [3.8, 4) is 0 Å². The number of ether oxygens (including phenoxy) is 1. The molecule has 0 unspecified atom stereocenters. The van der Waals surface area contributed by atoms with Gasteiger partial charge in [0.05, 0.1) is 30.3 Å². The van der Waals surface area contributed by atoms with E-state index in [1.807, 2.05) is 18.2 Å². The number of para-hydroxylation sites is 2. The molecule has 0 fully saturated rings. The van der Waals surface area contributed by atoms with E-state index in [0.29, 0.717) is 19.1 Å². The van der Waals surface area contributed by atoms with Crippen molar-refractivity contribution in [1.29, 1.82) is 0 Å². The molecular formula is C20H28N2O2. The molecule has 1 aliphatic carbocycles. The number of aliphatic hydroxyl groups excluding tert-OH is 1. The van der Waals surface area contributed by atoms with Gasteiger partial charge in [0.25, 0.3) is 0 Å². The number of aliphatic hydroxyl groups is 1. The van der Waals surface area contributed by atoms with Crippen LogP contribution in [0.25, 0.3) is 11.0 Å². The van der Waals surface area contributed by atoms with E-state index in [-0.39, 0.29) is 0 Å². The van der Waals surface area contributed by atoms with Crippen LogP contribution in [-0.4, -0.2) is 34.0 Å². The Kier molecular flexibility index (Phi) is 6.05. The van der Waals surface area contributed by atoms with E-state index in [0.717, 1.165) is 49.1 Å². The highest BCUT2D eigenvalue weighted by atomic mass is 16.5. The topological polar surface area (TPSA) is 47.3 Å². The molecule has 3 rings (SSSR count). The molecule has 4 heteroatoms. The standard InChI is InChI=1S/C20H28N2O2/c1-2-8-20-21-18-11-6-7-12-19(18)22(20)13-17(23)15-24-14-16-9-4-3-5-10-16/h3-4,6-7,11-12,16-17,23H,2,5,8-10,13-15H2,1H3/t16-,17-/m0/s1. The van der Waals surface area contributed by atoms with Crippen LogP contribution < -0.4 is 0 Å². The number of hydrogen-bond donors (Lipinski definition) is 1. The zero-order valence-corrected chi connectivity index (χ0v) is 14.5. The fraction of sp³-hybridized carbons (Fsp3) is 0.550. The summed E-state index contributed by atoms with van der Waals surface area (Å²) in [5, 5.41) is 10.4. The van der Waals surface area contributed by atoms with E-state index in [4.69, 9.17) is 9.72 Å². The number of fused-ring (bicyclic) bond motifs is 1. The second-order valence-electron chi connectivity index (χ2n) is 6.72. The van der Waals surface area contributed by atoms with Crippen molar-refractivity contribution in [3.05, 3.63) is 42.2 Å². The van der Waals surface area contributed by atoms with Gasteiger partial charge in [-0.05, 0) is 43.7 Å². The van der Waals surface area contributed by atoms with Crippen LogP contribution >= 0.6 is 0 Å². The molecule has 0 radical (unpaired) electrons. The van der Waals surface area contributed by atoms with E-state index in [1.54, 1.807) is 0 Å². The van der Waals surface area contributed by atoms with Crippen molar-refractivity contribution in [2.75, 3.05) is 13.2 Å². The van der Waals surface area contributed by atoms with Crippen LogP contribution in [0.2, 0.25) is 0 Å². The van der Waals surface area contributed by atoms with Crippen LogP contribution in [0.1, 0.15) is 38.4 Å². The first-order valence-corrected chi connectivity index (χ1v) is 9.13. The lowest BCUT2D eigenvalue weighted by molar-refractivity contribution is 0.0128. The molecule has 24 heavy (non-hydrogen) atoms. The lowest BCUT2D eigenvalue weighted by Gasteiger charge is -2.19. The Morgan fingerprint density at radius 2 is 2.21 bits per heavy atom. The molecule has 130 valence electrons. The molecule has 1 N–H and O–H groups in total. The van der Waals surface area contributed by atoms with Crippen molar-refractivity contribution in [2.45, 2.75) is 51.7 Å². The number of imidazole rings is 1. The maximum atomic E-state index is 10.4. The minimum Gasteiger partial charge on any atom is -0.389 e. The first-order chi connectivity index (χ1) is 11.8. The summed E-state index contributed by atoms with van der Waals surface area (Å²) in [6, 6.07) is 8.14. The SMILES string of the molecule is CCCc1nc2ccccc2n1C[C@H](O)COC[C@H]1CC=CCC1. The van der Waals surface area contributed by atoms with Gasteiger partial charge in [0, 0.05) is 13.0 Å². The van der Waals surface area contributed by atoms with Gasteiger partial charge in [-0.3, -0.25) is 0 Å². The van der Waals surface area contributed by atoms with Crippen molar-refractivity contribution < 1.29 is 9.84 Å². The van der Waals surface area contributed by atoms with Crippen molar-refractivity contribution >= 4 is 11.0 Å². The van der Waals surface area contributed by atoms with Crippen LogP contribution in [0.15, 0.2) is 36.4 Å². The van der Waals surface area contributed by atoms with E-state index in [1.165, 1.54) is 6.42 Å². The van der Waals surface area contributed by atoms with Crippen molar-refractivity contribution in [2.24, 2.45) is 5.92 Å². The average molecular weight is 328 g/mol. The fourth-order valence-corrected chi connectivity index (χ4v) is 3.39. The molecule has 0 saturated heterocycles. The fourth-order valence-electron chi connectivity index (χ4n) is 3.39. The first-order valence-electron chi connectivity index (χ1n) is 9.13. The number of allylic oxidation sites excluding steroid dienone is 2. The maximum Gasteiger partial charge on any atom is 0.109 e. The summed E-state index contributed by atoms with van der Waals surface area (Å²) in [5.74, 6) is 1.65. The third kappa shape index (κ3) is 4.25. The molecule has 0 saturated carbocycles. The number of nitrogens with zero attached hydrogens (tertiary/aromatic N) is 2. The van der Waals surface area contributed by atoms with Crippen LogP contribution in [0.3, 0.4) is 0 Å². The quantitative estimate of drug-likeness (QED) is 0.751. The third-order valence-electron chi connectivity index (χ3n) is 4.64. The smallest absolute Gasteiger partial charge is 0.109 e. The molecule has 0 aliphatic heterocycles. The summed E-state index contributed by atoms with van der Waals surface area (Å²) in [7, 11) is 0. The molecule has 2 atom stereocenters. The monoisotopic (exact) mass is 328 g/mol. The van der Waals surface area contributed by atoms with Crippen LogP contribution in [0.4, 0.5) is 0 Å². The minimum atomic E-state index is -0.502. The summed E-state index contributed by atoms with van der Waals surface area (Å²) in [6.45, 7) is 3.83. The molecular weight excluding hydrogens is 300 g/mol. The largest absolute Gasteiger partial charge is 0.389 e. The van der Waals surface area contributed by atoms with Crippen molar-refractivity contribution in [1.82, 2.24) is 9.55 Å². The first kappa shape index (κ1) is 17.2. The third-order valence-corrected chi connectivity index (χ3v) is 4.64. The second-order valence-corrected chi connectivity index (χ2v) is 6.72. The zero-order chi connectivity index (χ0) is 16.8. The Morgan fingerprint density at radius 1 is 1.33 bits per heavy atom. The Balaban J connectivity index is 1.59. The van der Waals surface area contributed by atoms with E-state index in [9.17, 15) is 5.11 Å². The molecule has 4 nitrogen and oxygen atoms in total.